The summed E-state index contributed by atoms with van der Waals surface area (Å²) in [7, 11) is 0. The van der Waals surface area contributed by atoms with Gasteiger partial charge in [-0.1, -0.05) is 25.1 Å². The minimum Gasteiger partial charge on any atom is -0.357 e. The molecule has 0 amide bonds. The van der Waals surface area contributed by atoms with Crippen molar-refractivity contribution in [1.82, 2.24) is 10.6 Å². The normalized spacial score (nSPS) is 13.3. The summed E-state index contributed by atoms with van der Waals surface area (Å²) in [6, 6.07) is 10.5. The van der Waals surface area contributed by atoms with Crippen molar-refractivity contribution in [2.45, 2.75) is 50.3 Å². The minimum atomic E-state index is 0. The highest BCUT2D eigenvalue weighted by atomic mass is 127. The molecule has 0 fully saturated rings. The SMILES string of the molecule is CCNC(=NCC(C)Sc1ccccc1)NC(C)(C)C.I. The number of hydrogen-bond donors (Lipinski definition) is 2. The molecule has 2 N–H and O–H groups in total. The molecular formula is C16H28IN3S. The number of nitrogens with zero attached hydrogens (tertiary/aromatic N) is 1. The van der Waals surface area contributed by atoms with Gasteiger partial charge in [0.2, 0.25) is 0 Å². The predicted octanol–water partition coefficient (Wildman–Crippen LogP) is 4.14. The van der Waals surface area contributed by atoms with Gasteiger partial charge in [0.25, 0.3) is 0 Å². The van der Waals surface area contributed by atoms with Crippen LogP contribution >= 0.6 is 35.7 Å². The average Bonchev–Trinajstić information content (AvgIpc) is 2.36. The van der Waals surface area contributed by atoms with Gasteiger partial charge >= 0.3 is 0 Å². The van der Waals surface area contributed by atoms with Crippen LogP contribution in [0.4, 0.5) is 0 Å². The van der Waals surface area contributed by atoms with Gasteiger partial charge < -0.3 is 10.6 Å². The molecule has 0 aromatic heterocycles. The first kappa shape index (κ1) is 20.6. The van der Waals surface area contributed by atoms with Gasteiger partial charge in [-0.15, -0.1) is 35.7 Å². The Hall–Kier alpha value is -0.430. The molecule has 1 atom stereocenters. The summed E-state index contributed by atoms with van der Waals surface area (Å²) in [5, 5.41) is 7.15. The zero-order valence-electron chi connectivity index (χ0n) is 13.6. The van der Waals surface area contributed by atoms with Crippen molar-refractivity contribution in [3.63, 3.8) is 0 Å². The lowest BCUT2D eigenvalue weighted by Crippen LogP contribution is -2.47. The third-order valence-electron chi connectivity index (χ3n) is 2.42. The van der Waals surface area contributed by atoms with E-state index in [9.17, 15) is 0 Å². The van der Waals surface area contributed by atoms with Crippen LogP contribution in [0.25, 0.3) is 0 Å². The second-order valence-electron chi connectivity index (χ2n) is 5.84. The Balaban J connectivity index is 0.00000400. The van der Waals surface area contributed by atoms with Crippen LogP contribution in [-0.4, -0.2) is 29.8 Å². The lowest BCUT2D eigenvalue weighted by Gasteiger charge is -2.24. The summed E-state index contributed by atoms with van der Waals surface area (Å²) in [5.41, 5.74) is 0.0246. The second kappa shape index (κ2) is 10.3. The first-order valence-corrected chi connectivity index (χ1v) is 8.07. The Morgan fingerprint density at radius 2 is 1.86 bits per heavy atom. The molecule has 0 bridgehead atoms. The van der Waals surface area contributed by atoms with Gasteiger partial charge in [0.05, 0.1) is 6.54 Å². The van der Waals surface area contributed by atoms with Crippen LogP contribution in [0.15, 0.2) is 40.2 Å². The van der Waals surface area contributed by atoms with E-state index in [-0.39, 0.29) is 29.5 Å². The van der Waals surface area contributed by atoms with Gasteiger partial charge in [-0.05, 0) is 39.8 Å². The Morgan fingerprint density at radius 3 is 2.38 bits per heavy atom. The smallest absolute Gasteiger partial charge is 0.191 e. The van der Waals surface area contributed by atoms with Crippen LogP contribution in [0.5, 0.6) is 0 Å². The van der Waals surface area contributed by atoms with E-state index in [1.165, 1.54) is 4.90 Å². The third-order valence-corrected chi connectivity index (χ3v) is 3.52. The highest BCUT2D eigenvalue weighted by molar-refractivity contribution is 14.0. The number of rotatable bonds is 5. The quantitative estimate of drug-likeness (QED) is 0.325. The zero-order valence-corrected chi connectivity index (χ0v) is 16.8. The van der Waals surface area contributed by atoms with Gasteiger partial charge in [0.15, 0.2) is 5.96 Å². The largest absolute Gasteiger partial charge is 0.357 e. The summed E-state index contributed by atoms with van der Waals surface area (Å²) in [6.45, 7) is 12.4. The monoisotopic (exact) mass is 421 g/mol. The molecule has 3 nitrogen and oxygen atoms in total. The van der Waals surface area contributed by atoms with Crippen molar-refractivity contribution in [1.29, 1.82) is 0 Å². The minimum absolute atomic E-state index is 0. The van der Waals surface area contributed by atoms with E-state index >= 15 is 0 Å². The lowest BCUT2D eigenvalue weighted by atomic mass is 10.1. The summed E-state index contributed by atoms with van der Waals surface area (Å²) in [4.78, 5) is 5.96. The standard InChI is InChI=1S/C16H27N3S.HI/c1-6-17-15(19-16(3,4)5)18-12-13(2)20-14-10-8-7-9-11-14;/h7-11,13H,6,12H2,1-5H3,(H2,17,18,19);1H. The van der Waals surface area contributed by atoms with Crippen LogP contribution in [0.3, 0.4) is 0 Å². The number of aliphatic imine (C=N–C) groups is 1. The predicted molar refractivity (Wildman–Crippen MR) is 106 cm³/mol. The van der Waals surface area contributed by atoms with Crippen molar-refractivity contribution < 1.29 is 0 Å². The number of benzene rings is 1. The second-order valence-corrected chi connectivity index (χ2v) is 7.35. The molecule has 120 valence electrons. The molecule has 1 unspecified atom stereocenters. The highest BCUT2D eigenvalue weighted by Crippen LogP contribution is 2.22. The summed E-state index contributed by atoms with van der Waals surface area (Å²) < 4.78 is 0. The average molecular weight is 421 g/mol. The fraction of sp³-hybridized carbons (Fsp3) is 0.562. The molecule has 0 aliphatic heterocycles. The van der Waals surface area contributed by atoms with Crippen molar-refractivity contribution in [2.24, 2.45) is 4.99 Å². The highest BCUT2D eigenvalue weighted by Gasteiger charge is 2.12. The molecule has 0 radical (unpaired) electrons. The maximum absolute atomic E-state index is 4.67. The topological polar surface area (TPSA) is 36.4 Å². The molecular weight excluding hydrogens is 393 g/mol. The number of nitrogens with one attached hydrogen (secondary N) is 2. The molecule has 0 aliphatic rings. The molecule has 0 heterocycles. The number of thioether (sulfide) groups is 1. The van der Waals surface area contributed by atoms with E-state index in [0.29, 0.717) is 5.25 Å². The summed E-state index contributed by atoms with van der Waals surface area (Å²) in [5.74, 6) is 0.889. The van der Waals surface area contributed by atoms with Crippen LogP contribution in [0.1, 0.15) is 34.6 Å². The van der Waals surface area contributed by atoms with Crippen molar-refractivity contribution in [3.8, 4) is 0 Å². The molecule has 0 saturated heterocycles. The van der Waals surface area contributed by atoms with Gasteiger partial charge in [-0.25, -0.2) is 0 Å². The first-order valence-electron chi connectivity index (χ1n) is 7.19. The van der Waals surface area contributed by atoms with E-state index in [0.717, 1.165) is 19.0 Å². The van der Waals surface area contributed by atoms with Crippen molar-refractivity contribution >= 4 is 41.7 Å². The molecule has 0 saturated carbocycles. The Bertz CT molecular complexity index is 415. The maximum Gasteiger partial charge on any atom is 0.191 e. The van der Waals surface area contributed by atoms with Crippen LogP contribution in [0.2, 0.25) is 0 Å². The molecule has 1 rings (SSSR count). The van der Waals surface area contributed by atoms with Gasteiger partial charge in [0, 0.05) is 22.2 Å². The van der Waals surface area contributed by atoms with Crippen molar-refractivity contribution in [2.75, 3.05) is 13.1 Å². The van der Waals surface area contributed by atoms with Crippen LogP contribution in [0, 0.1) is 0 Å². The molecule has 1 aromatic carbocycles. The van der Waals surface area contributed by atoms with Crippen molar-refractivity contribution in [3.05, 3.63) is 30.3 Å². The lowest BCUT2D eigenvalue weighted by molar-refractivity contribution is 0.501. The Morgan fingerprint density at radius 1 is 1.24 bits per heavy atom. The zero-order chi connectivity index (χ0) is 15.0. The molecule has 21 heavy (non-hydrogen) atoms. The van der Waals surface area contributed by atoms with Crippen LogP contribution < -0.4 is 10.6 Å². The number of halogens is 1. The summed E-state index contributed by atoms with van der Waals surface area (Å²) in [6.07, 6.45) is 0. The summed E-state index contributed by atoms with van der Waals surface area (Å²) >= 11 is 1.86. The first-order chi connectivity index (χ1) is 9.40. The fourth-order valence-electron chi connectivity index (χ4n) is 1.65. The number of guanidine groups is 1. The van der Waals surface area contributed by atoms with Gasteiger partial charge in [0.1, 0.15) is 0 Å². The molecule has 5 heteroatoms. The van der Waals surface area contributed by atoms with Crippen LogP contribution in [-0.2, 0) is 0 Å². The number of hydrogen-bond acceptors (Lipinski definition) is 2. The van der Waals surface area contributed by atoms with Gasteiger partial charge in [-0.2, -0.15) is 0 Å². The maximum atomic E-state index is 4.67. The fourth-order valence-corrected chi connectivity index (χ4v) is 2.58. The molecule has 0 spiro atoms. The van der Waals surface area contributed by atoms with E-state index < -0.39 is 0 Å². The van der Waals surface area contributed by atoms with E-state index in [2.05, 4.69) is 74.5 Å². The van der Waals surface area contributed by atoms with E-state index in [1.54, 1.807) is 0 Å². The van der Waals surface area contributed by atoms with E-state index in [1.807, 2.05) is 17.8 Å². The third kappa shape index (κ3) is 10.0. The molecule has 0 aliphatic carbocycles. The Labute approximate surface area is 150 Å². The van der Waals surface area contributed by atoms with Gasteiger partial charge in [-0.3, -0.25) is 4.99 Å². The molecule has 1 aromatic rings. The van der Waals surface area contributed by atoms with E-state index in [4.69, 9.17) is 0 Å². The Kier molecular flexibility index (Phi) is 10.1.